The summed E-state index contributed by atoms with van der Waals surface area (Å²) in [5.74, 6) is 0.0301. The Morgan fingerprint density at radius 2 is 1.82 bits per heavy atom. The average Bonchev–Trinajstić information content (AvgIpc) is 3.15. The first-order chi connectivity index (χ1) is 18.0. The number of ether oxygens (including phenoxy) is 2. The minimum absolute atomic E-state index is 0.0312. The molecule has 0 spiro atoms. The van der Waals surface area contributed by atoms with E-state index in [1.54, 1.807) is 48.5 Å². The normalized spacial score (nSPS) is 14.6. The maximum atomic E-state index is 13.1. The van der Waals surface area contributed by atoms with Crippen LogP contribution in [0.3, 0.4) is 0 Å². The molecule has 0 saturated carbocycles. The van der Waals surface area contributed by atoms with Crippen LogP contribution in [0.5, 0.6) is 11.5 Å². The lowest BCUT2D eigenvalue weighted by molar-refractivity contribution is -0.118. The van der Waals surface area contributed by atoms with Crippen LogP contribution in [0, 0.1) is 5.41 Å². The predicted octanol–water partition coefficient (Wildman–Crippen LogP) is 4.07. The van der Waals surface area contributed by atoms with Crippen LogP contribution in [-0.2, 0) is 19.6 Å². The Kier molecular flexibility index (Phi) is 8.07. The Morgan fingerprint density at radius 1 is 1.13 bits per heavy atom. The van der Waals surface area contributed by atoms with Gasteiger partial charge in [-0.25, -0.2) is 13.6 Å². The zero-order valence-electron chi connectivity index (χ0n) is 19.8. The molecule has 1 aliphatic rings. The van der Waals surface area contributed by atoms with Gasteiger partial charge in [0.1, 0.15) is 11.5 Å². The highest BCUT2D eigenvalue weighted by Crippen LogP contribution is 2.37. The Morgan fingerprint density at radius 3 is 2.45 bits per heavy atom. The van der Waals surface area contributed by atoms with Gasteiger partial charge in [-0.3, -0.25) is 19.9 Å². The number of nitrogens with one attached hydrogen (secondary N) is 2. The summed E-state index contributed by atoms with van der Waals surface area (Å²) in [6, 6.07) is 16.9. The fourth-order valence-electron chi connectivity index (χ4n) is 3.43. The molecule has 38 heavy (non-hydrogen) atoms. The molecule has 10 nitrogen and oxygen atoms in total. The average molecular weight is 573 g/mol. The predicted molar refractivity (Wildman–Crippen MR) is 147 cm³/mol. The number of nitrogens with two attached hydrogens (primary N) is 1. The van der Waals surface area contributed by atoms with Gasteiger partial charge in [0, 0.05) is 16.3 Å². The van der Waals surface area contributed by atoms with Gasteiger partial charge in [0.05, 0.1) is 22.6 Å². The molecule has 3 aromatic carbocycles. The van der Waals surface area contributed by atoms with Crippen molar-refractivity contribution >= 4 is 67.8 Å². The van der Waals surface area contributed by atoms with E-state index in [2.05, 4.69) is 5.32 Å². The summed E-state index contributed by atoms with van der Waals surface area (Å²) in [6.45, 7) is -0.371. The van der Waals surface area contributed by atoms with E-state index >= 15 is 0 Å². The highest BCUT2D eigenvalue weighted by Gasteiger charge is 2.33. The number of hydrogen-bond acceptors (Lipinski definition) is 8. The lowest BCUT2D eigenvalue weighted by atomic mass is 10.1. The molecule has 4 N–H and O–H groups in total. The summed E-state index contributed by atoms with van der Waals surface area (Å²) in [5, 5.41) is 16.4. The number of amidine groups is 1. The van der Waals surface area contributed by atoms with Crippen molar-refractivity contribution in [3.63, 3.8) is 0 Å². The molecule has 1 saturated heterocycles. The highest BCUT2D eigenvalue weighted by molar-refractivity contribution is 8.19. The molecule has 0 atom stereocenters. The standard InChI is InChI=1S/C25H21ClN4O6S2/c1-35-19-7-5-18(6-8-19)30-24(32)22(37-25(30)27)13-15-12-16(26)2-11-21(15)36-14-23(31)29-17-3-9-20(10-4-17)38(28,33)34/h2-13,27H,14H2,1H3,(H,29,31)(H2,28,33,34)/b22-13-,27-25?. The monoisotopic (exact) mass is 572 g/mol. The number of benzene rings is 3. The van der Waals surface area contributed by atoms with Gasteiger partial charge in [-0.2, -0.15) is 0 Å². The molecule has 13 heteroatoms. The van der Waals surface area contributed by atoms with Crippen LogP contribution in [0.1, 0.15) is 5.56 Å². The number of carbonyl (C=O) groups excluding carboxylic acids is 2. The van der Waals surface area contributed by atoms with E-state index in [1.807, 2.05) is 0 Å². The lowest BCUT2D eigenvalue weighted by Crippen LogP contribution is -2.28. The van der Waals surface area contributed by atoms with Gasteiger partial charge in [-0.1, -0.05) is 11.6 Å². The maximum Gasteiger partial charge on any atom is 0.271 e. The molecular weight excluding hydrogens is 552 g/mol. The molecule has 1 aliphatic heterocycles. The third kappa shape index (κ3) is 6.34. The van der Waals surface area contributed by atoms with Gasteiger partial charge in [0.2, 0.25) is 10.0 Å². The number of thioether (sulfide) groups is 1. The summed E-state index contributed by atoms with van der Waals surface area (Å²) in [4.78, 5) is 27.0. The van der Waals surface area contributed by atoms with E-state index in [0.717, 1.165) is 11.8 Å². The summed E-state index contributed by atoms with van der Waals surface area (Å²) in [5.41, 5.74) is 1.32. The van der Waals surface area contributed by atoms with Gasteiger partial charge >= 0.3 is 0 Å². The maximum absolute atomic E-state index is 13.1. The van der Waals surface area contributed by atoms with Gasteiger partial charge < -0.3 is 14.8 Å². The second kappa shape index (κ2) is 11.3. The SMILES string of the molecule is COc1ccc(N2C(=N)S/C(=C\c3cc(Cl)ccc3OCC(=O)Nc3ccc(S(N)(=O)=O)cc3)C2=O)cc1. The van der Waals surface area contributed by atoms with Gasteiger partial charge in [0.15, 0.2) is 11.8 Å². The molecular formula is C25H21ClN4O6S2. The Labute approximate surface area is 227 Å². The molecule has 2 amide bonds. The summed E-state index contributed by atoms with van der Waals surface area (Å²) in [6.07, 6.45) is 1.55. The van der Waals surface area contributed by atoms with Gasteiger partial charge in [-0.05, 0) is 84.6 Å². The topological polar surface area (TPSA) is 152 Å². The quantitative estimate of drug-likeness (QED) is 0.344. The number of carbonyl (C=O) groups is 2. The van der Waals surface area contributed by atoms with Gasteiger partial charge in [0.25, 0.3) is 11.8 Å². The summed E-state index contributed by atoms with van der Waals surface area (Å²) >= 11 is 7.15. The van der Waals surface area contributed by atoms with E-state index in [9.17, 15) is 18.0 Å². The van der Waals surface area contributed by atoms with Crippen LogP contribution in [0.25, 0.3) is 6.08 Å². The van der Waals surface area contributed by atoms with Crippen molar-refractivity contribution in [2.24, 2.45) is 5.14 Å². The summed E-state index contributed by atoms with van der Waals surface area (Å²) in [7, 11) is -2.30. The van der Waals surface area contributed by atoms with Crippen LogP contribution in [0.2, 0.25) is 5.02 Å². The number of amides is 2. The Balaban J connectivity index is 1.48. The first-order valence-corrected chi connectivity index (χ1v) is 13.6. The highest BCUT2D eigenvalue weighted by atomic mass is 35.5. The van der Waals surface area contributed by atoms with Crippen molar-refractivity contribution in [3.8, 4) is 11.5 Å². The van der Waals surface area contributed by atoms with Crippen molar-refractivity contribution in [1.82, 2.24) is 0 Å². The minimum Gasteiger partial charge on any atom is -0.497 e. The van der Waals surface area contributed by atoms with Crippen molar-refractivity contribution in [3.05, 3.63) is 82.2 Å². The minimum atomic E-state index is -3.84. The first-order valence-electron chi connectivity index (χ1n) is 10.9. The first kappa shape index (κ1) is 27.2. The van der Waals surface area contributed by atoms with E-state index in [1.165, 1.54) is 36.3 Å². The number of primary sulfonamides is 1. The van der Waals surface area contributed by atoms with E-state index in [4.69, 9.17) is 31.6 Å². The number of sulfonamides is 1. The van der Waals surface area contributed by atoms with E-state index < -0.39 is 21.8 Å². The van der Waals surface area contributed by atoms with Crippen LogP contribution < -0.4 is 24.8 Å². The second-order valence-electron chi connectivity index (χ2n) is 7.84. The lowest BCUT2D eigenvalue weighted by Gasteiger charge is -2.14. The molecule has 3 aromatic rings. The number of hydrogen-bond donors (Lipinski definition) is 3. The van der Waals surface area contributed by atoms with Crippen LogP contribution >= 0.6 is 23.4 Å². The van der Waals surface area contributed by atoms with Gasteiger partial charge in [-0.15, -0.1) is 0 Å². The zero-order valence-corrected chi connectivity index (χ0v) is 22.2. The van der Waals surface area contributed by atoms with Crippen LogP contribution in [-0.4, -0.2) is 39.1 Å². The molecule has 0 bridgehead atoms. The molecule has 196 valence electrons. The fraction of sp³-hybridized carbons (Fsp3) is 0.0800. The third-order valence-corrected chi connectivity index (χ3v) is 7.29. The summed E-state index contributed by atoms with van der Waals surface area (Å²) < 4.78 is 33.6. The number of nitrogens with zero attached hydrogens (tertiary/aromatic N) is 1. The molecule has 0 aliphatic carbocycles. The molecule has 0 radical (unpaired) electrons. The molecule has 0 aromatic heterocycles. The molecule has 1 fully saturated rings. The van der Waals surface area contributed by atoms with Crippen molar-refractivity contribution in [1.29, 1.82) is 5.41 Å². The largest absolute Gasteiger partial charge is 0.497 e. The molecule has 0 unspecified atom stereocenters. The smallest absolute Gasteiger partial charge is 0.271 e. The van der Waals surface area contributed by atoms with Crippen LogP contribution in [0.4, 0.5) is 11.4 Å². The zero-order chi connectivity index (χ0) is 27.4. The Hall–Kier alpha value is -3.84. The number of rotatable bonds is 8. The van der Waals surface area contributed by atoms with Crippen LogP contribution in [0.15, 0.2) is 76.5 Å². The van der Waals surface area contributed by atoms with Crippen molar-refractivity contribution < 1.29 is 27.5 Å². The fourth-order valence-corrected chi connectivity index (χ4v) is 4.97. The van der Waals surface area contributed by atoms with E-state index in [0.29, 0.717) is 33.5 Å². The third-order valence-electron chi connectivity index (χ3n) is 5.24. The number of methoxy groups -OCH3 is 1. The second-order valence-corrected chi connectivity index (χ2v) is 10.9. The number of anilines is 2. The molecule has 1 heterocycles. The van der Waals surface area contributed by atoms with Crippen molar-refractivity contribution in [2.45, 2.75) is 4.90 Å². The van der Waals surface area contributed by atoms with Crippen molar-refractivity contribution in [2.75, 3.05) is 23.9 Å². The number of halogens is 1. The molecule has 4 rings (SSSR count). The van der Waals surface area contributed by atoms with E-state index in [-0.39, 0.29) is 21.6 Å². The Bertz CT molecular complexity index is 1540.